The van der Waals surface area contributed by atoms with E-state index in [1.54, 1.807) is 6.07 Å². The average molecular weight is 289 g/mol. The second-order valence-corrected chi connectivity index (χ2v) is 5.07. The van der Waals surface area contributed by atoms with E-state index in [4.69, 9.17) is 4.74 Å². The Balaban J connectivity index is 2.12. The number of methoxy groups -OCH3 is 1. The molecule has 0 saturated heterocycles. The maximum atomic E-state index is 13.0. The van der Waals surface area contributed by atoms with Crippen LogP contribution in [0.5, 0.6) is 11.5 Å². The Morgan fingerprint density at radius 2 is 1.95 bits per heavy atom. The summed E-state index contributed by atoms with van der Waals surface area (Å²) in [6.07, 6.45) is -2.16. The second kappa shape index (κ2) is 5.81. The van der Waals surface area contributed by atoms with E-state index in [-0.39, 0.29) is 12.2 Å². The van der Waals surface area contributed by atoms with Gasteiger partial charge in [0, 0.05) is 17.8 Å². The van der Waals surface area contributed by atoms with Crippen molar-refractivity contribution >= 4 is 5.69 Å². The summed E-state index contributed by atoms with van der Waals surface area (Å²) in [4.78, 5) is 0. The van der Waals surface area contributed by atoms with Gasteiger partial charge in [-0.05, 0) is 25.0 Å². The van der Waals surface area contributed by atoms with Crippen LogP contribution in [0.1, 0.15) is 25.7 Å². The Kier molecular flexibility index (Phi) is 4.30. The summed E-state index contributed by atoms with van der Waals surface area (Å²) in [6, 6.07) is 3.89. The number of aromatic hydroxyl groups is 1. The molecule has 2 atom stereocenters. The summed E-state index contributed by atoms with van der Waals surface area (Å²) < 4.78 is 43.9. The fourth-order valence-electron chi connectivity index (χ4n) is 2.69. The minimum absolute atomic E-state index is 0.0862. The first-order valence-electron chi connectivity index (χ1n) is 6.62. The zero-order chi connectivity index (χ0) is 14.8. The number of hydrogen-bond acceptors (Lipinski definition) is 3. The number of halogens is 3. The van der Waals surface area contributed by atoms with E-state index >= 15 is 0 Å². The predicted octanol–water partition coefficient (Wildman–Crippen LogP) is 3.93. The van der Waals surface area contributed by atoms with Crippen molar-refractivity contribution < 1.29 is 23.0 Å². The van der Waals surface area contributed by atoms with Crippen molar-refractivity contribution in [2.45, 2.75) is 37.9 Å². The van der Waals surface area contributed by atoms with E-state index in [1.165, 1.54) is 19.2 Å². The van der Waals surface area contributed by atoms with Crippen molar-refractivity contribution in [2.75, 3.05) is 12.4 Å². The van der Waals surface area contributed by atoms with Crippen molar-refractivity contribution in [3.8, 4) is 11.5 Å². The first kappa shape index (κ1) is 14.8. The van der Waals surface area contributed by atoms with E-state index in [0.717, 1.165) is 6.42 Å². The van der Waals surface area contributed by atoms with Gasteiger partial charge in [-0.3, -0.25) is 0 Å². The highest BCUT2D eigenvalue weighted by Crippen LogP contribution is 2.39. The van der Waals surface area contributed by atoms with Crippen LogP contribution in [0.2, 0.25) is 0 Å². The molecule has 1 saturated carbocycles. The summed E-state index contributed by atoms with van der Waals surface area (Å²) in [5, 5.41) is 12.6. The normalized spacial score (nSPS) is 23.4. The van der Waals surface area contributed by atoms with Gasteiger partial charge in [0.15, 0.2) is 11.5 Å². The topological polar surface area (TPSA) is 41.5 Å². The number of ether oxygens (including phenoxy) is 1. The molecule has 0 aromatic heterocycles. The number of phenolic OH excluding ortho intramolecular Hbond substituents is 1. The smallest absolute Gasteiger partial charge is 0.393 e. The molecule has 0 heterocycles. The van der Waals surface area contributed by atoms with Crippen LogP contribution in [-0.2, 0) is 0 Å². The lowest BCUT2D eigenvalue weighted by atomic mass is 9.84. The van der Waals surface area contributed by atoms with Crippen molar-refractivity contribution in [1.82, 2.24) is 0 Å². The predicted molar refractivity (Wildman–Crippen MR) is 70.1 cm³/mol. The summed E-state index contributed by atoms with van der Waals surface area (Å²) in [5.74, 6) is -1.12. The number of rotatable bonds is 3. The number of nitrogens with one attached hydrogen (secondary N) is 1. The molecule has 2 N–H and O–H groups in total. The van der Waals surface area contributed by atoms with E-state index in [2.05, 4.69) is 5.32 Å². The molecule has 0 amide bonds. The molecule has 20 heavy (non-hydrogen) atoms. The molecule has 2 unspecified atom stereocenters. The summed E-state index contributed by atoms with van der Waals surface area (Å²) in [5.41, 5.74) is 0.476. The number of benzene rings is 1. The highest BCUT2D eigenvalue weighted by Gasteiger charge is 2.45. The van der Waals surface area contributed by atoms with Crippen LogP contribution in [-0.4, -0.2) is 24.4 Å². The SMILES string of the molecule is COc1ccc(NC2CCCCC2C(F)(F)F)cc1O. The van der Waals surface area contributed by atoms with E-state index < -0.39 is 18.1 Å². The number of alkyl halides is 3. The van der Waals surface area contributed by atoms with Gasteiger partial charge in [-0.15, -0.1) is 0 Å². The highest BCUT2D eigenvalue weighted by atomic mass is 19.4. The maximum absolute atomic E-state index is 13.0. The van der Waals surface area contributed by atoms with Crippen molar-refractivity contribution in [1.29, 1.82) is 0 Å². The molecule has 2 rings (SSSR count). The van der Waals surface area contributed by atoms with Gasteiger partial charge >= 0.3 is 6.18 Å². The summed E-state index contributed by atoms with van der Waals surface area (Å²) in [6.45, 7) is 0. The van der Waals surface area contributed by atoms with Crippen LogP contribution < -0.4 is 10.1 Å². The third-order valence-electron chi connectivity index (χ3n) is 3.72. The van der Waals surface area contributed by atoms with Crippen LogP contribution in [0.15, 0.2) is 18.2 Å². The molecule has 0 aliphatic heterocycles. The van der Waals surface area contributed by atoms with Gasteiger partial charge in [0.25, 0.3) is 0 Å². The molecule has 6 heteroatoms. The van der Waals surface area contributed by atoms with E-state index in [1.807, 2.05) is 0 Å². The minimum atomic E-state index is -4.19. The van der Waals surface area contributed by atoms with Crippen LogP contribution in [0.3, 0.4) is 0 Å². The monoisotopic (exact) mass is 289 g/mol. The van der Waals surface area contributed by atoms with Gasteiger partial charge in [-0.25, -0.2) is 0 Å². The first-order chi connectivity index (χ1) is 9.41. The average Bonchev–Trinajstić information content (AvgIpc) is 2.38. The zero-order valence-electron chi connectivity index (χ0n) is 11.2. The molecule has 112 valence electrons. The molecule has 0 bridgehead atoms. The van der Waals surface area contributed by atoms with Gasteiger partial charge in [0.1, 0.15) is 0 Å². The number of phenols is 1. The zero-order valence-corrected chi connectivity index (χ0v) is 11.2. The van der Waals surface area contributed by atoms with Gasteiger partial charge in [0.05, 0.1) is 13.0 Å². The fraction of sp³-hybridized carbons (Fsp3) is 0.571. The van der Waals surface area contributed by atoms with Gasteiger partial charge < -0.3 is 15.2 Å². The van der Waals surface area contributed by atoms with Crippen LogP contribution in [0, 0.1) is 5.92 Å². The lowest BCUT2D eigenvalue weighted by Crippen LogP contribution is -2.41. The van der Waals surface area contributed by atoms with Crippen LogP contribution >= 0.6 is 0 Å². The lowest BCUT2D eigenvalue weighted by Gasteiger charge is -2.34. The minimum Gasteiger partial charge on any atom is -0.504 e. The Morgan fingerprint density at radius 3 is 2.55 bits per heavy atom. The molecular weight excluding hydrogens is 271 g/mol. The number of hydrogen-bond donors (Lipinski definition) is 2. The lowest BCUT2D eigenvalue weighted by molar-refractivity contribution is -0.184. The Bertz CT molecular complexity index is 462. The number of anilines is 1. The molecule has 1 aliphatic carbocycles. The quantitative estimate of drug-likeness (QED) is 0.885. The third-order valence-corrected chi connectivity index (χ3v) is 3.72. The third kappa shape index (κ3) is 3.29. The van der Waals surface area contributed by atoms with Crippen molar-refractivity contribution in [3.05, 3.63) is 18.2 Å². The molecule has 0 spiro atoms. The van der Waals surface area contributed by atoms with Crippen molar-refractivity contribution in [3.63, 3.8) is 0 Å². The first-order valence-corrected chi connectivity index (χ1v) is 6.62. The summed E-state index contributed by atoms with van der Waals surface area (Å²) in [7, 11) is 1.42. The second-order valence-electron chi connectivity index (χ2n) is 5.07. The fourth-order valence-corrected chi connectivity index (χ4v) is 2.69. The molecule has 0 radical (unpaired) electrons. The van der Waals surface area contributed by atoms with Gasteiger partial charge in [-0.1, -0.05) is 12.8 Å². The van der Waals surface area contributed by atoms with Crippen LogP contribution in [0.4, 0.5) is 18.9 Å². The maximum Gasteiger partial charge on any atom is 0.393 e. The molecule has 1 fully saturated rings. The van der Waals surface area contributed by atoms with E-state index in [9.17, 15) is 18.3 Å². The Morgan fingerprint density at radius 1 is 1.25 bits per heavy atom. The molecule has 1 aromatic carbocycles. The molecule has 3 nitrogen and oxygen atoms in total. The largest absolute Gasteiger partial charge is 0.504 e. The van der Waals surface area contributed by atoms with Gasteiger partial charge in [0.2, 0.25) is 0 Å². The summed E-state index contributed by atoms with van der Waals surface area (Å²) >= 11 is 0. The Labute approximate surface area is 115 Å². The van der Waals surface area contributed by atoms with E-state index in [0.29, 0.717) is 24.3 Å². The Hall–Kier alpha value is -1.59. The molecule has 1 aromatic rings. The standard InChI is InChI=1S/C14H18F3NO2/c1-20-13-7-6-9(8-12(13)19)18-11-5-3-2-4-10(11)14(15,16)17/h6-8,10-11,18-19H,2-5H2,1H3. The highest BCUT2D eigenvalue weighted by molar-refractivity contribution is 5.54. The molecular formula is C14H18F3NO2. The van der Waals surface area contributed by atoms with Gasteiger partial charge in [-0.2, -0.15) is 13.2 Å². The van der Waals surface area contributed by atoms with Crippen molar-refractivity contribution in [2.24, 2.45) is 5.92 Å². The van der Waals surface area contributed by atoms with Crippen LogP contribution in [0.25, 0.3) is 0 Å². The molecule has 1 aliphatic rings.